The summed E-state index contributed by atoms with van der Waals surface area (Å²) in [5.74, 6) is -2.39. The van der Waals surface area contributed by atoms with Gasteiger partial charge in [0.15, 0.2) is 0 Å². The Bertz CT molecular complexity index is 468. The first-order chi connectivity index (χ1) is 9.04. The van der Waals surface area contributed by atoms with E-state index in [1.165, 1.54) is 24.3 Å². The number of rotatable bonds is 5. The molecule has 1 rings (SSSR count). The summed E-state index contributed by atoms with van der Waals surface area (Å²) in [6.45, 7) is 2.39. The third-order valence-corrected chi connectivity index (χ3v) is 2.33. The summed E-state index contributed by atoms with van der Waals surface area (Å²) in [6.07, 6.45) is 1.77. The van der Waals surface area contributed by atoms with Crippen LogP contribution in [0.4, 0.5) is 5.69 Å². The van der Waals surface area contributed by atoms with Gasteiger partial charge in [0, 0.05) is 5.69 Å². The fourth-order valence-corrected chi connectivity index (χ4v) is 1.27. The summed E-state index contributed by atoms with van der Waals surface area (Å²) in [7, 11) is 0. The zero-order valence-electron chi connectivity index (χ0n) is 10.6. The number of amides is 2. The highest BCUT2D eigenvalue weighted by Gasteiger charge is 2.10. The number of primary amides is 1. The van der Waals surface area contributed by atoms with Gasteiger partial charge in [0.05, 0.1) is 12.2 Å². The lowest BCUT2D eigenvalue weighted by Crippen LogP contribution is -2.29. The fourth-order valence-electron chi connectivity index (χ4n) is 1.27. The third kappa shape index (κ3) is 4.79. The molecule has 0 unspecified atom stereocenters. The van der Waals surface area contributed by atoms with E-state index in [1.54, 1.807) is 0 Å². The molecule has 1 aromatic carbocycles. The van der Waals surface area contributed by atoms with Gasteiger partial charge in [0.2, 0.25) is 0 Å². The van der Waals surface area contributed by atoms with Gasteiger partial charge < -0.3 is 15.8 Å². The molecule has 0 radical (unpaired) electrons. The number of unbranched alkanes of at least 4 members (excludes halogenated alkanes) is 1. The van der Waals surface area contributed by atoms with E-state index in [0.29, 0.717) is 17.9 Å². The van der Waals surface area contributed by atoms with Crippen LogP contribution >= 0.6 is 0 Å². The third-order valence-electron chi connectivity index (χ3n) is 2.33. The van der Waals surface area contributed by atoms with Crippen LogP contribution in [0.25, 0.3) is 0 Å². The summed E-state index contributed by atoms with van der Waals surface area (Å²) in [4.78, 5) is 33.2. The van der Waals surface area contributed by atoms with Crippen molar-refractivity contribution in [2.75, 3.05) is 11.9 Å². The van der Waals surface area contributed by atoms with E-state index in [2.05, 4.69) is 5.32 Å². The Morgan fingerprint density at radius 1 is 1.21 bits per heavy atom. The summed E-state index contributed by atoms with van der Waals surface area (Å²) in [5, 5.41) is 2.29. The molecule has 3 N–H and O–H groups in total. The topological polar surface area (TPSA) is 98.5 Å². The smallest absolute Gasteiger partial charge is 0.338 e. The quantitative estimate of drug-likeness (QED) is 0.472. The van der Waals surface area contributed by atoms with E-state index in [1.807, 2.05) is 6.92 Å². The van der Waals surface area contributed by atoms with Crippen LogP contribution in [-0.2, 0) is 14.3 Å². The van der Waals surface area contributed by atoms with E-state index >= 15 is 0 Å². The Balaban J connectivity index is 2.58. The lowest BCUT2D eigenvalue weighted by Gasteiger charge is -2.05. The van der Waals surface area contributed by atoms with Gasteiger partial charge >= 0.3 is 17.8 Å². The lowest BCUT2D eigenvalue weighted by molar-refractivity contribution is -0.134. The average molecular weight is 264 g/mol. The van der Waals surface area contributed by atoms with E-state index in [9.17, 15) is 14.4 Å². The van der Waals surface area contributed by atoms with Gasteiger partial charge in [-0.3, -0.25) is 9.59 Å². The number of anilines is 1. The largest absolute Gasteiger partial charge is 0.462 e. The van der Waals surface area contributed by atoms with Crippen molar-refractivity contribution < 1.29 is 19.1 Å². The maximum absolute atomic E-state index is 11.6. The highest BCUT2D eigenvalue weighted by Crippen LogP contribution is 2.10. The Labute approximate surface area is 110 Å². The van der Waals surface area contributed by atoms with Gasteiger partial charge in [-0.1, -0.05) is 13.3 Å². The van der Waals surface area contributed by atoms with E-state index in [0.717, 1.165) is 12.8 Å². The Hall–Kier alpha value is -2.37. The summed E-state index contributed by atoms with van der Waals surface area (Å²) in [6, 6.07) is 6.00. The predicted octanol–water partition coefficient (Wildman–Crippen LogP) is 1.07. The normalized spacial score (nSPS) is 9.74. The molecule has 0 saturated carbocycles. The molecule has 0 spiro atoms. The molecule has 0 atom stereocenters. The minimum atomic E-state index is -1.07. The van der Waals surface area contributed by atoms with Gasteiger partial charge in [-0.05, 0) is 30.7 Å². The highest BCUT2D eigenvalue weighted by molar-refractivity contribution is 6.39. The van der Waals surface area contributed by atoms with Crippen molar-refractivity contribution in [1.82, 2.24) is 0 Å². The van der Waals surface area contributed by atoms with Crippen LogP contribution in [0.15, 0.2) is 24.3 Å². The maximum atomic E-state index is 11.6. The second-order valence-corrected chi connectivity index (χ2v) is 3.89. The number of hydrogen-bond acceptors (Lipinski definition) is 4. The van der Waals surface area contributed by atoms with Crippen LogP contribution in [0, 0.1) is 0 Å². The summed E-state index contributed by atoms with van der Waals surface area (Å²) in [5.41, 5.74) is 5.57. The number of nitrogens with two attached hydrogens (primary N) is 1. The number of carbonyl (C=O) groups is 3. The van der Waals surface area contributed by atoms with Crippen molar-refractivity contribution in [3.05, 3.63) is 29.8 Å². The van der Waals surface area contributed by atoms with Crippen LogP contribution in [0.2, 0.25) is 0 Å². The minimum Gasteiger partial charge on any atom is -0.462 e. The van der Waals surface area contributed by atoms with Crippen LogP contribution < -0.4 is 11.1 Å². The average Bonchev–Trinajstić information content (AvgIpc) is 2.39. The zero-order valence-corrected chi connectivity index (χ0v) is 10.6. The standard InChI is InChI=1S/C13H16N2O4/c1-2-3-8-19-13(18)9-4-6-10(7-5-9)15-12(17)11(14)16/h4-7H,2-3,8H2,1H3,(H2,14,16)(H,15,17). The summed E-state index contributed by atoms with van der Waals surface area (Å²) >= 11 is 0. The number of hydrogen-bond donors (Lipinski definition) is 2. The molecule has 0 saturated heterocycles. The molecule has 0 aliphatic carbocycles. The van der Waals surface area contributed by atoms with Crippen LogP contribution in [0.1, 0.15) is 30.1 Å². The van der Waals surface area contributed by atoms with Crippen molar-refractivity contribution in [3.63, 3.8) is 0 Å². The van der Waals surface area contributed by atoms with Crippen LogP contribution in [0.3, 0.4) is 0 Å². The molecule has 6 nitrogen and oxygen atoms in total. The van der Waals surface area contributed by atoms with Crippen molar-refractivity contribution in [3.8, 4) is 0 Å². The van der Waals surface area contributed by atoms with Gasteiger partial charge in [-0.2, -0.15) is 0 Å². The fraction of sp³-hybridized carbons (Fsp3) is 0.308. The maximum Gasteiger partial charge on any atom is 0.338 e. The van der Waals surface area contributed by atoms with E-state index in [4.69, 9.17) is 10.5 Å². The van der Waals surface area contributed by atoms with E-state index < -0.39 is 17.8 Å². The van der Waals surface area contributed by atoms with Crippen LogP contribution in [0.5, 0.6) is 0 Å². The molecule has 6 heteroatoms. The first-order valence-electron chi connectivity index (χ1n) is 5.92. The number of carbonyl (C=O) groups excluding carboxylic acids is 3. The highest BCUT2D eigenvalue weighted by atomic mass is 16.5. The first kappa shape index (κ1) is 14.7. The van der Waals surface area contributed by atoms with E-state index in [-0.39, 0.29) is 0 Å². The van der Waals surface area contributed by atoms with Gasteiger partial charge in [0.1, 0.15) is 0 Å². The van der Waals surface area contributed by atoms with Crippen molar-refractivity contribution in [2.24, 2.45) is 5.73 Å². The second kappa shape index (κ2) is 7.15. The Morgan fingerprint density at radius 3 is 2.37 bits per heavy atom. The molecule has 102 valence electrons. The zero-order chi connectivity index (χ0) is 14.3. The molecule has 1 aromatic rings. The molecule has 0 aliphatic heterocycles. The van der Waals surface area contributed by atoms with Crippen LogP contribution in [-0.4, -0.2) is 24.4 Å². The number of benzene rings is 1. The molecule has 19 heavy (non-hydrogen) atoms. The molecular weight excluding hydrogens is 248 g/mol. The second-order valence-electron chi connectivity index (χ2n) is 3.89. The minimum absolute atomic E-state index is 0.383. The molecule has 0 fully saturated rings. The molecule has 0 aromatic heterocycles. The van der Waals surface area contributed by atoms with Gasteiger partial charge in [0.25, 0.3) is 0 Å². The number of esters is 1. The van der Waals surface area contributed by atoms with Crippen molar-refractivity contribution in [1.29, 1.82) is 0 Å². The van der Waals surface area contributed by atoms with Gasteiger partial charge in [-0.25, -0.2) is 4.79 Å². The predicted molar refractivity (Wildman–Crippen MR) is 69.5 cm³/mol. The first-order valence-corrected chi connectivity index (χ1v) is 5.92. The molecular formula is C13H16N2O4. The monoisotopic (exact) mass is 264 g/mol. The lowest BCUT2D eigenvalue weighted by atomic mass is 10.2. The molecule has 2 amide bonds. The van der Waals surface area contributed by atoms with Crippen molar-refractivity contribution >= 4 is 23.5 Å². The number of nitrogens with one attached hydrogen (secondary N) is 1. The molecule has 0 heterocycles. The van der Waals surface area contributed by atoms with Crippen molar-refractivity contribution in [2.45, 2.75) is 19.8 Å². The van der Waals surface area contributed by atoms with Gasteiger partial charge in [-0.15, -0.1) is 0 Å². The molecule has 0 bridgehead atoms. The SMILES string of the molecule is CCCCOC(=O)c1ccc(NC(=O)C(N)=O)cc1. The number of ether oxygens (including phenoxy) is 1. The molecule has 0 aliphatic rings. The summed E-state index contributed by atoms with van der Waals surface area (Å²) < 4.78 is 5.03. The Morgan fingerprint density at radius 2 is 1.84 bits per heavy atom. The Kier molecular flexibility index (Phi) is 5.53.